The number of hydrogen-bond acceptors (Lipinski definition) is 10. The first-order chi connectivity index (χ1) is 22.7. The van der Waals surface area contributed by atoms with Crippen molar-refractivity contribution in [2.45, 2.75) is 46.6 Å². The number of aryl methyl sites for hydroxylation is 2. The van der Waals surface area contributed by atoms with Gasteiger partial charge in [0.1, 0.15) is 5.82 Å². The second-order valence-corrected chi connectivity index (χ2v) is 11.8. The van der Waals surface area contributed by atoms with Crippen LogP contribution in [-0.2, 0) is 16.1 Å². The summed E-state index contributed by atoms with van der Waals surface area (Å²) in [5.41, 5.74) is 3.80. The molecule has 3 N–H and O–H groups in total. The molecular formula is C33H47N7O7. The molecule has 5 rings (SSSR count). The highest BCUT2D eigenvalue weighted by Crippen LogP contribution is 2.44. The van der Waals surface area contributed by atoms with Crippen molar-refractivity contribution in [3.63, 3.8) is 0 Å². The Morgan fingerprint density at radius 1 is 1.09 bits per heavy atom. The second kappa shape index (κ2) is 16.3. The van der Waals surface area contributed by atoms with E-state index in [-0.39, 0.29) is 24.7 Å². The normalized spacial score (nSPS) is 17.7. The maximum Gasteiger partial charge on any atom is 0.290 e. The van der Waals surface area contributed by atoms with Crippen LogP contribution in [-0.4, -0.2) is 116 Å². The van der Waals surface area contributed by atoms with Crippen molar-refractivity contribution in [2.75, 3.05) is 72.0 Å². The number of anilines is 1. The first-order valence-corrected chi connectivity index (χ1v) is 15.9. The summed E-state index contributed by atoms with van der Waals surface area (Å²) in [6.45, 7) is 10.7. The number of fused-ring (bicyclic) bond motifs is 5. The predicted octanol–water partition coefficient (Wildman–Crippen LogP) is 3.00. The molecule has 47 heavy (non-hydrogen) atoms. The van der Waals surface area contributed by atoms with Crippen LogP contribution in [0.5, 0.6) is 17.2 Å². The molecule has 2 aliphatic rings. The maximum atomic E-state index is 13.7. The average molecular weight is 654 g/mol. The van der Waals surface area contributed by atoms with Gasteiger partial charge in [-0.2, -0.15) is 5.10 Å². The van der Waals surface area contributed by atoms with E-state index in [4.69, 9.17) is 29.1 Å². The number of pyridine rings is 1. The summed E-state index contributed by atoms with van der Waals surface area (Å²) in [6, 6.07) is 4.06. The number of benzene rings is 1. The fourth-order valence-corrected chi connectivity index (χ4v) is 6.41. The fraction of sp³-hybridized carbons (Fsp3) is 0.545. The van der Waals surface area contributed by atoms with E-state index < -0.39 is 0 Å². The second-order valence-electron chi connectivity index (χ2n) is 11.8. The number of rotatable bonds is 5. The topological polar surface area (TPSA) is 162 Å². The summed E-state index contributed by atoms with van der Waals surface area (Å²) < 4.78 is 17.2. The smallest absolute Gasteiger partial charge is 0.290 e. The third-order valence-electron chi connectivity index (χ3n) is 8.85. The zero-order chi connectivity index (χ0) is 34.1. The van der Waals surface area contributed by atoms with E-state index in [2.05, 4.69) is 38.3 Å². The number of carbonyl (C=O) groups excluding carboxylic acids is 2. The van der Waals surface area contributed by atoms with Gasteiger partial charge >= 0.3 is 0 Å². The maximum absolute atomic E-state index is 13.7. The van der Waals surface area contributed by atoms with Gasteiger partial charge in [-0.1, -0.05) is 6.92 Å². The number of H-pyrrole nitrogens is 1. The molecule has 0 aliphatic carbocycles. The van der Waals surface area contributed by atoms with Gasteiger partial charge in [-0.25, -0.2) is 4.98 Å². The van der Waals surface area contributed by atoms with E-state index >= 15 is 0 Å². The first kappa shape index (κ1) is 35.3. The molecule has 1 unspecified atom stereocenters. The minimum Gasteiger partial charge on any atom is -0.493 e. The van der Waals surface area contributed by atoms with Gasteiger partial charge in [0.15, 0.2) is 11.5 Å². The monoisotopic (exact) mass is 653 g/mol. The Hall–Kier alpha value is -4.59. The molecule has 2 amide bonds. The molecule has 4 heterocycles. The van der Waals surface area contributed by atoms with Crippen LogP contribution in [0, 0.1) is 19.8 Å². The molecule has 1 aromatic carbocycles. The summed E-state index contributed by atoms with van der Waals surface area (Å²) in [5, 5.41) is 18.0. The summed E-state index contributed by atoms with van der Waals surface area (Å²) in [4.78, 5) is 46.7. The molecule has 14 heteroatoms. The number of methoxy groups -OCH3 is 3. The number of likely N-dealkylation sites (N-methyl/N-ethyl adjacent to an activating group) is 1. The van der Waals surface area contributed by atoms with E-state index in [1.807, 2.05) is 19.9 Å². The summed E-state index contributed by atoms with van der Waals surface area (Å²) >= 11 is 0. The SMILES string of the molecule is CCN1CCN(C(=O)c2c(C)n[nH]c2C)CCC(=O)NCC2CCCN(C2)c2nc3cc(OC)c(OC)c(OC)c3cc2C1.O=CO. The number of piperidine rings is 1. The molecular weight excluding hydrogens is 606 g/mol. The van der Waals surface area contributed by atoms with Crippen molar-refractivity contribution in [3.8, 4) is 17.2 Å². The number of carboxylic acid groups (broad SMARTS) is 1. The highest BCUT2D eigenvalue weighted by Gasteiger charge is 2.28. The number of nitrogens with one attached hydrogen (secondary N) is 2. The van der Waals surface area contributed by atoms with Crippen molar-refractivity contribution in [2.24, 2.45) is 5.92 Å². The lowest BCUT2D eigenvalue weighted by molar-refractivity contribution is -0.123. The number of amides is 2. The van der Waals surface area contributed by atoms with Crippen LogP contribution in [0.15, 0.2) is 12.1 Å². The molecule has 2 bridgehead atoms. The Morgan fingerprint density at radius 3 is 2.47 bits per heavy atom. The van der Waals surface area contributed by atoms with E-state index in [0.717, 1.165) is 60.5 Å². The molecule has 2 aliphatic heterocycles. The van der Waals surface area contributed by atoms with Gasteiger partial charge in [-0.05, 0) is 45.2 Å². The number of aromatic nitrogens is 3. The highest BCUT2D eigenvalue weighted by atomic mass is 16.5. The number of hydrogen-bond donors (Lipinski definition) is 3. The largest absolute Gasteiger partial charge is 0.493 e. The molecule has 1 saturated heterocycles. The zero-order valence-corrected chi connectivity index (χ0v) is 28.2. The Bertz CT molecular complexity index is 1540. The molecule has 0 radical (unpaired) electrons. The lowest BCUT2D eigenvalue weighted by Crippen LogP contribution is -2.42. The Morgan fingerprint density at radius 2 is 1.83 bits per heavy atom. The van der Waals surface area contributed by atoms with Crippen molar-refractivity contribution in [1.29, 1.82) is 0 Å². The van der Waals surface area contributed by atoms with E-state index in [1.165, 1.54) is 0 Å². The lowest BCUT2D eigenvalue weighted by atomic mass is 9.97. The zero-order valence-electron chi connectivity index (χ0n) is 28.2. The number of aromatic amines is 1. The van der Waals surface area contributed by atoms with Crippen LogP contribution < -0.4 is 24.4 Å². The molecule has 3 aromatic rings. The van der Waals surface area contributed by atoms with Crippen LogP contribution in [0.3, 0.4) is 0 Å². The molecule has 0 spiro atoms. The van der Waals surface area contributed by atoms with Gasteiger partial charge < -0.3 is 34.4 Å². The Kier molecular flexibility index (Phi) is 12.2. The van der Waals surface area contributed by atoms with Gasteiger partial charge in [-0.3, -0.25) is 24.4 Å². The fourth-order valence-electron chi connectivity index (χ4n) is 6.41. The summed E-state index contributed by atoms with van der Waals surface area (Å²) in [7, 11) is 4.84. The Labute approximate surface area is 275 Å². The predicted molar refractivity (Wildman–Crippen MR) is 178 cm³/mol. The van der Waals surface area contributed by atoms with Crippen LogP contribution in [0.4, 0.5) is 5.82 Å². The van der Waals surface area contributed by atoms with Crippen molar-refractivity contribution < 1.29 is 33.7 Å². The number of carbonyl (C=O) groups is 3. The minimum atomic E-state index is -0.250. The van der Waals surface area contributed by atoms with Crippen LogP contribution in [0.1, 0.15) is 53.5 Å². The van der Waals surface area contributed by atoms with Gasteiger partial charge in [0.2, 0.25) is 11.7 Å². The minimum absolute atomic E-state index is 0.0413. The average Bonchev–Trinajstić information content (AvgIpc) is 3.42. The standard InChI is InChI=1S/C32H45N7O5.CH2O2/c1-7-37-13-14-38(32(41)28-20(2)35-36-21(28)3)12-10-27(40)33-17-22-9-8-11-39(18-22)31-23(19-37)15-24-25(34-31)16-26(42-4)30(44-6)29(24)43-5;2-1-3/h15-16,22H,7-14,17-19H2,1-6H3,(H,33,40)(H,35,36);1H,(H,2,3). The molecule has 1 atom stereocenters. The third kappa shape index (κ3) is 8.05. The molecule has 2 aromatic heterocycles. The lowest BCUT2D eigenvalue weighted by Gasteiger charge is -2.35. The molecule has 1 fully saturated rings. The molecule has 14 nitrogen and oxygen atoms in total. The van der Waals surface area contributed by atoms with E-state index in [9.17, 15) is 9.59 Å². The third-order valence-corrected chi connectivity index (χ3v) is 8.85. The van der Waals surface area contributed by atoms with Gasteiger partial charge in [0.05, 0.1) is 38.1 Å². The first-order valence-electron chi connectivity index (χ1n) is 15.9. The van der Waals surface area contributed by atoms with Crippen LogP contribution in [0.2, 0.25) is 0 Å². The number of ether oxygens (including phenoxy) is 3. The van der Waals surface area contributed by atoms with Gasteiger partial charge in [-0.15, -0.1) is 0 Å². The quantitative estimate of drug-likeness (QED) is 0.347. The molecule has 256 valence electrons. The van der Waals surface area contributed by atoms with Crippen LogP contribution in [0.25, 0.3) is 10.9 Å². The summed E-state index contributed by atoms with van der Waals surface area (Å²) in [5.74, 6) is 2.74. The van der Waals surface area contributed by atoms with Gasteiger partial charge in [0, 0.05) is 74.9 Å². The molecule has 0 saturated carbocycles. The Balaban J connectivity index is 0.00000160. The summed E-state index contributed by atoms with van der Waals surface area (Å²) in [6.07, 6.45) is 2.29. The van der Waals surface area contributed by atoms with Crippen molar-refractivity contribution in [1.82, 2.24) is 30.3 Å². The van der Waals surface area contributed by atoms with Crippen molar-refractivity contribution >= 4 is 35.0 Å². The van der Waals surface area contributed by atoms with Gasteiger partial charge in [0.25, 0.3) is 12.4 Å². The highest BCUT2D eigenvalue weighted by molar-refractivity contribution is 5.96. The van der Waals surface area contributed by atoms with E-state index in [0.29, 0.717) is 67.1 Å². The van der Waals surface area contributed by atoms with E-state index in [1.54, 1.807) is 26.2 Å². The number of nitrogens with zero attached hydrogens (tertiary/aromatic N) is 5. The van der Waals surface area contributed by atoms with Crippen LogP contribution >= 0.6 is 0 Å². The van der Waals surface area contributed by atoms with Crippen molar-refractivity contribution in [3.05, 3.63) is 34.6 Å².